The number of allylic oxidation sites excluding steroid dienone is 3. The Morgan fingerprint density at radius 2 is 1.07 bits per heavy atom. The lowest BCUT2D eigenvalue weighted by molar-refractivity contribution is 1.00. The standard InChI is InChI=1S/C39H26N4/c1-3-12-28(13-4-1)37-41-38(29-14-5-2-6-15-29)43-39(42-37)30-21-19-27(20-22-30)36-31-16-8-7-11-26(31)23-24-33(36)34-25-40-35-18-10-9-17-32(34)35/h1-25,35H. The van der Waals surface area contributed by atoms with Gasteiger partial charge >= 0.3 is 0 Å². The molecule has 0 saturated carbocycles. The van der Waals surface area contributed by atoms with Crippen LogP contribution in [0.1, 0.15) is 5.56 Å². The normalized spacial score (nSPS) is 15.3. The Balaban J connectivity index is 1.27. The lowest BCUT2D eigenvalue weighted by Crippen LogP contribution is -2.02. The number of hydrogen-bond donors (Lipinski definition) is 0. The number of nitrogens with zero attached hydrogens (tertiary/aromatic N) is 4. The summed E-state index contributed by atoms with van der Waals surface area (Å²) < 4.78 is 0. The van der Waals surface area contributed by atoms with Crippen LogP contribution in [0.25, 0.3) is 61.6 Å². The second-order valence-corrected chi connectivity index (χ2v) is 10.7. The van der Waals surface area contributed by atoms with Crippen molar-refractivity contribution in [1.82, 2.24) is 15.0 Å². The van der Waals surface area contributed by atoms with Gasteiger partial charge in [-0.05, 0) is 33.0 Å². The quantitative estimate of drug-likeness (QED) is 0.215. The second kappa shape index (κ2) is 10.6. The van der Waals surface area contributed by atoms with E-state index in [1.54, 1.807) is 0 Å². The minimum atomic E-state index is 0.0863. The molecule has 6 aromatic rings. The van der Waals surface area contributed by atoms with E-state index in [0.717, 1.165) is 22.3 Å². The lowest BCUT2D eigenvalue weighted by atomic mass is 9.87. The highest BCUT2D eigenvalue weighted by molar-refractivity contribution is 6.19. The maximum absolute atomic E-state index is 4.92. The minimum absolute atomic E-state index is 0.0863. The van der Waals surface area contributed by atoms with Crippen LogP contribution >= 0.6 is 0 Å². The molecular weight excluding hydrogens is 524 g/mol. The average Bonchev–Trinajstić information content (AvgIpc) is 3.52. The van der Waals surface area contributed by atoms with Gasteiger partial charge in [-0.15, -0.1) is 0 Å². The van der Waals surface area contributed by atoms with Crippen molar-refractivity contribution in [3.8, 4) is 45.3 Å². The van der Waals surface area contributed by atoms with Gasteiger partial charge in [-0.25, -0.2) is 15.0 Å². The Labute approximate surface area is 250 Å². The van der Waals surface area contributed by atoms with Crippen molar-refractivity contribution in [2.75, 3.05) is 0 Å². The van der Waals surface area contributed by atoms with Crippen LogP contribution in [0.4, 0.5) is 0 Å². The largest absolute Gasteiger partial charge is 0.280 e. The Bertz CT molecular complexity index is 2050. The topological polar surface area (TPSA) is 51.0 Å². The van der Waals surface area contributed by atoms with Gasteiger partial charge in [0, 0.05) is 28.5 Å². The molecule has 5 aromatic carbocycles. The van der Waals surface area contributed by atoms with Gasteiger partial charge in [0.05, 0.1) is 6.04 Å². The SMILES string of the molecule is C1=CC2=C(c3ccc4ccccc4c3-c3ccc(-c4nc(-c5ccccc5)nc(-c5ccccc5)n4)cc3)C=NC2C=C1. The molecule has 2 heterocycles. The van der Waals surface area contributed by atoms with Gasteiger partial charge in [0.1, 0.15) is 0 Å². The van der Waals surface area contributed by atoms with Crippen LogP contribution in [-0.2, 0) is 0 Å². The van der Waals surface area contributed by atoms with Crippen molar-refractivity contribution in [3.63, 3.8) is 0 Å². The number of benzene rings is 5. The van der Waals surface area contributed by atoms with Crippen LogP contribution in [0.2, 0.25) is 0 Å². The van der Waals surface area contributed by atoms with E-state index in [4.69, 9.17) is 19.9 Å². The molecule has 1 atom stereocenters. The summed E-state index contributed by atoms with van der Waals surface area (Å²) in [5.41, 5.74) is 8.79. The number of fused-ring (bicyclic) bond motifs is 2. The van der Waals surface area contributed by atoms with Crippen molar-refractivity contribution < 1.29 is 0 Å². The molecule has 1 unspecified atom stereocenters. The van der Waals surface area contributed by atoms with Gasteiger partial charge < -0.3 is 0 Å². The molecular formula is C39H26N4. The first-order valence-corrected chi connectivity index (χ1v) is 14.4. The van der Waals surface area contributed by atoms with Crippen LogP contribution in [0.5, 0.6) is 0 Å². The van der Waals surface area contributed by atoms with Crippen LogP contribution in [0.3, 0.4) is 0 Å². The van der Waals surface area contributed by atoms with Gasteiger partial charge in [-0.3, -0.25) is 4.99 Å². The predicted octanol–water partition coefficient (Wildman–Crippen LogP) is 9.03. The highest BCUT2D eigenvalue weighted by Crippen LogP contribution is 2.40. The summed E-state index contributed by atoms with van der Waals surface area (Å²) in [5.74, 6) is 1.96. The molecule has 43 heavy (non-hydrogen) atoms. The third-order valence-electron chi connectivity index (χ3n) is 8.02. The van der Waals surface area contributed by atoms with Crippen LogP contribution < -0.4 is 0 Å². The fourth-order valence-corrected chi connectivity index (χ4v) is 5.90. The summed E-state index contributed by atoms with van der Waals surface area (Å²) in [6.45, 7) is 0. The molecule has 0 amide bonds. The molecule has 0 saturated heterocycles. The molecule has 0 spiro atoms. The Morgan fingerprint density at radius 1 is 0.488 bits per heavy atom. The summed E-state index contributed by atoms with van der Waals surface area (Å²) in [6, 6.07) is 41.8. The molecule has 0 N–H and O–H groups in total. The molecule has 2 aliphatic rings. The van der Waals surface area contributed by atoms with Gasteiger partial charge in [0.15, 0.2) is 17.5 Å². The monoisotopic (exact) mass is 550 g/mol. The average molecular weight is 551 g/mol. The summed E-state index contributed by atoms with van der Waals surface area (Å²) in [5, 5.41) is 2.42. The summed E-state index contributed by atoms with van der Waals surface area (Å²) in [6.07, 6.45) is 10.5. The number of hydrogen-bond acceptors (Lipinski definition) is 4. The first kappa shape index (κ1) is 25.0. The van der Waals surface area contributed by atoms with Crippen LogP contribution in [0.15, 0.2) is 156 Å². The highest BCUT2D eigenvalue weighted by atomic mass is 15.0. The molecule has 1 aromatic heterocycles. The highest BCUT2D eigenvalue weighted by Gasteiger charge is 2.23. The Hall–Kier alpha value is -5.74. The second-order valence-electron chi connectivity index (χ2n) is 10.7. The van der Waals surface area contributed by atoms with Crippen molar-refractivity contribution in [1.29, 1.82) is 0 Å². The van der Waals surface area contributed by atoms with E-state index in [2.05, 4.69) is 85.0 Å². The van der Waals surface area contributed by atoms with E-state index in [1.165, 1.54) is 33.0 Å². The number of aromatic nitrogens is 3. The molecule has 4 heteroatoms. The van der Waals surface area contributed by atoms with Gasteiger partial charge in [0.25, 0.3) is 0 Å². The Kier molecular flexibility index (Phi) is 6.16. The molecule has 1 aliphatic heterocycles. The molecule has 8 rings (SSSR count). The third kappa shape index (κ3) is 4.59. The zero-order valence-electron chi connectivity index (χ0n) is 23.3. The number of rotatable bonds is 5. The first-order chi connectivity index (χ1) is 21.3. The molecule has 4 nitrogen and oxygen atoms in total. The predicted molar refractivity (Wildman–Crippen MR) is 177 cm³/mol. The Morgan fingerprint density at radius 3 is 1.74 bits per heavy atom. The summed E-state index contributed by atoms with van der Waals surface area (Å²) >= 11 is 0. The zero-order valence-corrected chi connectivity index (χ0v) is 23.3. The fourth-order valence-electron chi connectivity index (χ4n) is 5.90. The molecule has 0 fully saturated rings. The zero-order chi connectivity index (χ0) is 28.6. The maximum Gasteiger partial charge on any atom is 0.164 e. The maximum atomic E-state index is 4.92. The first-order valence-electron chi connectivity index (χ1n) is 14.4. The molecule has 1 aliphatic carbocycles. The van der Waals surface area contributed by atoms with Crippen molar-refractivity contribution in [2.24, 2.45) is 4.99 Å². The van der Waals surface area contributed by atoms with E-state index in [0.29, 0.717) is 17.5 Å². The van der Waals surface area contributed by atoms with Crippen molar-refractivity contribution in [3.05, 3.63) is 157 Å². The summed E-state index contributed by atoms with van der Waals surface area (Å²) in [4.78, 5) is 19.5. The fraction of sp³-hybridized carbons (Fsp3) is 0.0256. The van der Waals surface area contributed by atoms with E-state index >= 15 is 0 Å². The third-order valence-corrected chi connectivity index (χ3v) is 8.02. The van der Waals surface area contributed by atoms with Gasteiger partial charge in [0.2, 0.25) is 0 Å². The molecule has 0 bridgehead atoms. The van der Waals surface area contributed by atoms with Crippen molar-refractivity contribution >= 4 is 22.6 Å². The van der Waals surface area contributed by atoms with Crippen LogP contribution in [0, 0.1) is 0 Å². The molecule has 0 radical (unpaired) electrons. The van der Waals surface area contributed by atoms with E-state index in [-0.39, 0.29) is 6.04 Å². The number of aliphatic imine (C=N–C) groups is 1. The van der Waals surface area contributed by atoms with Crippen LogP contribution in [-0.4, -0.2) is 27.2 Å². The molecule has 202 valence electrons. The van der Waals surface area contributed by atoms with Gasteiger partial charge in [-0.2, -0.15) is 0 Å². The smallest absolute Gasteiger partial charge is 0.164 e. The van der Waals surface area contributed by atoms with E-state index < -0.39 is 0 Å². The van der Waals surface area contributed by atoms with E-state index in [9.17, 15) is 0 Å². The van der Waals surface area contributed by atoms with Crippen molar-refractivity contribution in [2.45, 2.75) is 6.04 Å². The minimum Gasteiger partial charge on any atom is -0.280 e. The summed E-state index contributed by atoms with van der Waals surface area (Å²) in [7, 11) is 0. The lowest BCUT2D eigenvalue weighted by Gasteiger charge is -2.16. The van der Waals surface area contributed by atoms with E-state index in [1.807, 2.05) is 66.9 Å². The van der Waals surface area contributed by atoms with Gasteiger partial charge in [-0.1, -0.05) is 146 Å².